The average Bonchev–Trinajstić information content (AvgIpc) is 3.08. The summed E-state index contributed by atoms with van der Waals surface area (Å²) in [6.07, 6.45) is -0.711. The van der Waals surface area contributed by atoms with Crippen molar-refractivity contribution in [2.75, 3.05) is 26.2 Å². The second-order valence-electron chi connectivity index (χ2n) is 8.64. The molecule has 1 aliphatic rings. The molecule has 0 spiro atoms. The molecule has 166 valence electrons. The lowest BCUT2D eigenvalue weighted by Gasteiger charge is -2.41. The number of aliphatic hydroxyl groups excluding tert-OH is 1. The normalized spacial score (nSPS) is 17.8. The van der Waals surface area contributed by atoms with Gasteiger partial charge in [-0.3, -0.25) is 9.80 Å². The molecule has 0 bridgehead atoms. The first-order valence-electron chi connectivity index (χ1n) is 11.1. The lowest BCUT2D eigenvalue weighted by atomic mass is 10.1. The van der Waals surface area contributed by atoms with Crippen LogP contribution in [0.2, 0.25) is 10.0 Å². The van der Waals surface area contributed by atoms with Crippen molar-refractivity contribution in [3.8, 4) is 0 Å². The molecule has 1 fully saturated rings. The predicted octanol–water partition coefficient (Wildman–Crippen LogP) is 5.80. The van der Waals surface area contributed by atoms with Crippen LogP contribution in [-0.4, -0.2) is 51.8 Å². The lowest BCUT2D eigenvalue weighted by Crippen LogP contribution is -2.50. The summed E-state index contributed by atoms with van der Waals surface area (Å²) in [7, 11) is 0. The Morgan fingerprint density at radius 3 is 1.91 bits per heavy atom. The molecule has 4 aromatic rings. The van der Waals surface area contributed by atoms with E-state index in [4.69, 9.17) is 23.2 Å². The molecule has 1 saturated heterocycles. The van der Waals surface area contributed by atoms with Crippen molar-refractivity contribution in [2.24, 2.45) is 0 Å². The summed E-state index contributed by atoms with van der Waals surface area (Å²) < 4.78 is 2.26. The van der Waals surface area contributed by atoms with E-state index in [9.17, 15) is 5.11 Å². The molecule has 1 N–H and O–H groups in total. The average molecular weight is 468 g/mol. The van der Waals surface area contributed by atoms with Gasteiger partial charge in [-0.1, -0.05) is 53.5 Å². The number of aromatic nitrogens is 1. The van der Waals surface area contributed by atoms with Crippen molar-refractivity contribution >= 4 is 45.0 Å². The van der Waals surface area contributed by atoms with Gasteiger partial charge in [0.1, 0.15) is 6.17 Å². The van der Waals surface area contributed by atoms with Crippen LogP contribution in [0.3, 0.4) is 0 Å². The molecule has 2 atom stereocenters. The van der Waals surface area contributed by atoms with E-state index in [-0.39, 0.29) is 6.17 Å². The minimum Gasteiger partial charge on any atom is -0.390 e. The fraction of sp³-hybridized carbons (Fsp3) is 0.308. The highest BCUT2D eigenvalue weighted by Crippen LogP contribution is 2.37. The second kappa shape index (κ2) is 9.05. The lowest BCUT2D eigenvalue weighted by molar-refractivity contribution is -0.00679. The van der Waals surface area contributed by atoms with Crippen molar-refractivity contribution in [2.45, 2.75) is 25.7 Å². The van der Waals surface area contributed by atoms with Gasteiger partial charge in [-0.05, 0) is 48.9 Å². The van der Waals surface area contributed by atoms with Gasteiger partial charge in [0.05, 0.1) is 17.1 Å². The summed E-state index contributed by atoms with van der Waals surface area (Å²) in [5, 5.41) is 14.4. The number of nitrogens with zero attached hydrogens (tertiary/aromatic N) is 3. The monoisotopic (exact) mass is 467 g/mol. The number of aliphatic hydroxyl groups is 1. The first-order valence-corrected chi connectivity index (χ1v) is 11.8. The first-order chi connectivity index (χ1) is 15.5. The molecule has 2 heterocycles. The minimum absolute atomic E-state index is 0.170. The maximum atomic E-state index is 10.9. The van der Waals surface area contributed by atoms with E-state index in [1.165, 1.54) is 5.56 Å². The maximum Gasteiger partial charge on any atom is 0.113 e. The largest absolute Gasteiger partial charge is 0.390 e. The van der Waals surface area contributed by atoms with Gasteiger partial charge in [0.15, 0.2) is 0 Å². The highest BCUT2D eigenvalue weighted by molar-refractivity contribution is 6.33. The molecule has 0 radical (unpaired) electrons. The molecule has 1 aromatic heterocycles. The molecule has 3 aromatic carbocycles. The van der Waals surface area contributed by atoms with Crippen molar-refractivity contribution < 1.29 is 5.11 Å². The van der Waals surface area contributed by atoms with Crippen molar-refractivity contribution in [1.82, 2.24) is 14.4 Å². The van der Waals surface area contributed by atoms with E-state index in [0.29, 0.717) is 10.0 Å². The topological polar surface area (TPSA) is 31.6 Å². The Balaban J connectivity index is 1.48. The van der Waals surface area contributed by atoms with Gasteiger partial charge in [0.25, 0.3) is 0 Å². The van der Waals surface area contributed by atoms with Crippen molar-refractivity contribution in [3.05, 3.63) is 82.3 Å². The zero-order valence-corrected chi connectivity index (χ0v) is 19.6. The smallest absolute Gasteiger partial charge is 0.113 e. The fourth-order valence-electron chi connectivity index (χ4n) is 4.99. The zero-order valence-electron chi connectivity index (χ0n) is 18.1. The molecule has 2 unspecified atom stereocenters. The molecule has 0 aliphatic carbocycles. The Kier molecular flexibility index (Phi) is 6.15. The Hall–Kier alpha value is -2.08. The molecule has 32 heavy (non-hydrogen) atoms. The van der Waals surface area contributed by atoms with Crippen LogP contribution >= 0.6 is 23.2 Å². The van der Waals surface area contributed by atoms with E-state index in [1.54, 1.807) is 0 Å². The van der Waals surface area contributed by atoms with E-state index in [0.717, 1.165) is 54.5 Å². The number of piperazine rings is 1. The highest BCUT2D eigenvalue weighted by Gasteiger charge is 2.31. The molecule has 5 rings (SSSR count). The molecule has 0 saturated carbocycles. The first kappa shape index (κ1) is 21.7. The van der Waals surface area contributed by atoms with Crippen molar-refractivity contribution in [1.29, 1.82) is 0 Å². The molecule has 4 nitrogen and oxygen atoms in total. The second-order valence-corrected chi connectivity index (χ2v) is 9.52. The molecular weight excluding hydrogens is 441 g/mol. The minimum atomic E-state index is -0.541. The van der Waals surface area contributed by atoms with Gasteiger partial charge in [-0.2, -0.15) is 0 Å². The molecule has 1 aliphatic heterocycles. The van der Waals surface area contributed by atoms with Gasteiger partial charge in [0.2, 0.25) is 0 Å². The van der Waals surface area contributed by atoms with E-state index < -0.39 is 6.10 Å². The number of hydrogen-bond acceptors (Lipinski definition) is 3. The summed E-state index contributed by atoms with van der Waals surface area (Å²) >= 11 is 12.7. The standard InChI is InChI=1S/C26H27Cl2N3O/c1-18(32)26(30-13-11-29(12-14-30)17-19-5-3-2-4-6-19)31-24-9-7-20(27)15-22(24)23-16-21(28)8-10-25(23)31/h2-10,15-16,18,26,32H,11-14,17H2,1H3. The van der Waals surface area contributed by atoms with Crippen LogP contribution in [0, 0.1) is 0 Å². The van der Waals surface area contributed by atoms with Crippen LogP contribution in [-0.2, 0) is 6.54 Å². The van der Waals surface area contributed by atoms with Gasteiger partial charge in [-0.25, -0.2) is 0 Å². The van der Waals surface area contributed by atoms with Gasteiger partial charge < -0.3 is 9.67 Å². The van der Waals surface area contributed by atoms with Crippen LogP contribution in [0.15, 0.2) is 66.7 Å². The number of benzene rings is 3. The van der Waals surface area contributed by atoms with Crippen LogP contribution in [0.25, 0.3) is 21.8 Å². The van der Waals surface area contributed by atoms with E-state index >= 15 is 0 Å². The van der Waals surface area contributed by atoms with E-state index in [2.05, 4.69) is 44.7 Å². The molecular formula is C26H27Cl2N3O. The molecule has 6 heteroatoms. The maximum absolute atomic E-state index is 10.9. The summed E-state index contributed by atoms with van der Waals surface area (Å²) in [5.74, 6) is 0. The fourth-order valence-corrected chi connectivity index (χ4v) is 5.34. The molecule has 0 amide bonds. The number of rotatable bonds is 5. The third-order valence-electron chi connectivity index (χ3n) is 6.45. The predicted molar refractivity (Wildman–Crippen MR) is 133 cm³/mol. The number of halogens is 2. The van der Waals surface area contributed by atoms with E-state index in [1.807, 2.05) is 43.3 Å². The van der Waals surface area contributed by atoms with Crippen LogP contribution in [0.4, 0.5) is 0 Å². The number of fused-ring (bicyclic) bond motifs is 3. The quantitative estimate of drug-likeness (QED) is 0.402. The summed E-state index contributed by atoms with van der Waals surface area (Å²) in [6, 6.07) is 22.5. The summed E-state index contributed by atoms with van der Waals surface area (Å²) in [6.45, 7) is 6.56. The Bertz CT molecular complexity index is 1170. The van der Waals surface area contributed by atoms with Crippen LogP contribution < -0.4 is 0 Å². The van der Waals surface area contributed by atoms with Crippen LogP contribution in [0.1, 0.15) is 18.7 Å². The van der Waals surface area contributed by atoms with Gasteiger partial charge in [0, 0.05) is 53.5 Å². The Morgan fingerprint density at radius 2 is 1.38 bits per heavy atom. The Labute approximate surface area is 198 Å². The SMILES string of the molecule is CC(O)C(N1CCN(Cc2ccccc2)CC1)n1c2ccc(Cl)cc2c2cc(Cl)ccc21. The Morgan fingerprint density at radius 1 is 0.812 bits per heavy atom. The van der Waals surface area contributed by atoms with Gasteiger partial charge in [-0.15, -0.1) is 0 Å². The zero-order chi connectivity index (χ0) is 22.2. The number of hydrogen-bond donors (Lipinski definition) is 1. The third-order valence-corrected chi connectivity index (χ3v) is 6.92. The van der Waals surface area contributed by atoms with Crippen molar-refractivity contribution in [3.63, 3.8) is 0 Å². The van der Waals surface area contributed by atoms with Gasteiger partial charge >= 0.3 is 0 Å². The summed E-state index contributed by atoms with van der Waals surface area (Å²) in [5.41, 5.74) is 3.46. The highest BCUT2D eigenvalue weighted by atomic mass is 35.5. The van der Waals surface area contributed by atoms with Crippen LogP contribution in [0.5, 0.6) is 0 Å². The summed E-state index contributed by atoms with van der Waals surface area (Å²) in [4.78, 5) is 4.88. The third kappa shape index (κ3) is 4.14.